The van der Waals surface area contributed by atoms with Crippen LogP contribution >= 0.6 is 0 Å². The predicted octanol–water partition coefficient (Wildman–Crippen LogP) is 2.62. The Hall–Kier alpha value is -3.71. The Bertz CT molecular complexity index is 853. The Kier molecular flexibility index (Phi) is 6.92. The van der Waals surface area contributed by atoms with Gasteiger partial charge in [-0.3, -0.25) is 25.1 Å². The molecule has 0 bridgehead atoms. The van der Waals surface area contributed by atoms with E-state index in [-0.39, 0.29) is 24.6 Å². The average molecular weight is 426 g/mol. The van der Waals surface area contributed by atoms with Crippen LogP contribution in [0.4, 0.5) is 16.2 Å². The normalized spacial score (nSPS) is 15.4. The third-order valence-corrected chi connectivity index (χ3v) is 3.93. The van der Waals surface area contributed by atoms with Crippen molar-refractivity contribution in [3.05, 3.63) is 43.6 Å². The van der Waals surface area contributed by atoms with E-state index in [0.717, 1.165) is 12.1 Å². The van der Waals surface area contributed by atoms with E-state index in [1.54, 1.807) is 20.8 Å². The number of carbonyl (C=O) groups excluding carboxylic acids is 1. The van der Waals surface area contributed by atoms with Gasteiger partial charge in [-0.2, -0.15) is 0 Å². The molecule has 0 N–H and O–H groups in total. The summed E-state index contributed by atoms with van der Waals surface area (Å²) in [6.45, 7) is 6.25. The minimum absolute atomic E-state index is 0.129. The highest BCUT2D eigenvalue weighted by Crippen LogP contribution is 2.31. The van der Waals surface area contributed by atoms with Crippen molar-refractivity contribution in [2.24, 2.45) is 5.28 Å². The van der Waals surface area contributed by atoms with Crippen molar-refractivity contribution in [3.63, 3.8) is 0 Å². The first-order valence-corrected chi connectivity index (χ1v) is 8.99. The summed E-state index contributed by atoms with van der Waals surface area (Å²) in [6, 6.07) is 2.70. The van der Waals surface area contributed by atoms with E-state index in [2.05, 4.69) is 5.28 Å². The lowest BCUT2D eigenvalue weighted by atomic mass is 10.2. The molecule has 0 atom stereocenters. The van der Waals surface area contributed by atoms with Crippen molar-refractivity contribution in [3.8, 4) is 5.75 Å². The second-order valence-corrected chi connectivity index (χ2v) is 7.37. The smallest absolute Gasteiger partial charge is 0.410 e. The predicted molar refractivity (Wildman–Crippen MR) is 100 cm³/mol. The van der Waals surface area contributed by atoms with Crippen LogP contribution in [0.3, 0.4) is 0 Å². The molecular formula is C16H22N6O8. The van der Waals surface area contributed by atoms with Crippen LogP contribution < -0.4 is 4.84 Å². The van der Waals surface area contributed by atoms with E-state index < -0.39 is 38.7 Å². The Morgan fingerprint density at radius 2 is 1.77 bits per heavy atom. The van der Waals surface area contributed by atoms with Crippen molar-refractivity contribution < 1.29 is 29.2 Å². The van der Waals surface area contributed by atoms with E-state index >= 15 is 0 Å². The molecule has 1 aromatic rings. The maximum atomic E-state index is 12.2. The van der Waals surface area contributed by atoms with E-state index in [9.17, 15) is 30.2 Å². The van der Waals surface area contributed by atoms with Crippen LogP contribution in [0.25, 0.3) is 0 Å². The van der Waals surface area contributed by atoms with Crippen LogP contribution in [0.15, 0.2) is 23.5 Å². The number of nitro benzene ring substituents is 2. The highest BCUT2D eigenvalue weighted by molar-refractivity contribution is 5.68. The number of hydrazine groups is 1. The topological polar surface area (TPSA) is 167 Å². The molecule has 14 heteroatoms. The number of rotatable bonds is 5. The molecule has 0 unspecified atom stereocenters. The van der Waals surface area contributed by atoms with Gasteiger partial charge in [0.05, 0.1) is 34.0 Å². The molecule has 0 spiro atoms. The van der Waals surface area contributed by atoms with Crippen LogP contribution in [-0.4, -0.2) is 62.6 Å². The van der Waals surface area contributed by atoms with E-state index in [4.69, 9.17) is 9.57 Å². The molecule has 0 aliphatic carbocycles. The third kappa shape index (κ3) is 6.15. The molecule has 1 amide bonds. The number of hydrogen-bond acceptors (Lipinski definition) is 9. The number of hydrogen-bond donors (Lipinski definition) is 0. The molecule has 2 rings (SSSR count). The minimum atomic E-state index is -0.877. The standard InChI is InChI=1S/C16H22N6O8/c1-16(2,3)29-15(23)18-7-4-8-19(10-9-18)22(28)17-30-14-6-5-12(20(24)25)11-13(14)21(26)27/h5-6,11H,4,7-10H2,1-3H3/b22-17-. The molecule has 1 aliphatic rings. The summed E-state index contributed by atoms with van der Waals surface area (Å²) >= 11 is 0. The molecule has 1 aromatic carbocycles. The Labute approximate surface area is 171 Å². The Balaban J connectivity index is 2.05. The fourth-order valence-corrected chi connectivity index (χ4v) is 2.55. The molecule has 1 saturated heterocycles. The summed E-state index contributed by atoms with van der Waals surface area (Å²) in [5.74, 6) is -0.420. The molecule has 1 aliphatic heterocycles. The number of ether oxygens (including phenoxy) is 1. The number of amides is 1. The van der Waals surface area contributed by atoms with Gasteiger partial charge in [-0.1, -0.05) is 0 Å². The lowest BCUT2D eigenvalue weighted by molar-refractivity contribution is -0.706. The number of benzene rings is 1. The first-order valence-electron chi connectivity index (χ1n) is 8.99. The second kappa shape index (κ2) is 9.19. The quantitative estimate of drug-likeness (QED) is 0.297. The summed E-state index contributed by atoms with van der Waals surface area (Å²) in [5.41, 5.74) is -1.84. The molecule has 164 valence electrons. The van der Waals surface area contributed by atoms with Gasteiger partial charge in [0, 0.05) is 19.2 Å². The number of carbonyl (C=O) groups is 1. The fraction of sp³-hybridized carbons (Fsp3) is 0.562. The van der Waals surface area contributed by atoms with Crippen molar-refractivity contribution in [1.82, 2.24) is 9.91 Å². The minimum Gasteiger partial charge on any atom is -0.569 e. The molecule has 14 nitrogen and oxygen atoms in total. The first kappa shape index (κ1) is 22.6. The highest BCUT2D eigenvalue weighted by Gasteiger charge is 2.27. The maximum Gasteiger partial charge on any atom is 0.410 e. The van der Waals surface area contributed by atoms with Crippen molar-refractivity contribution >= 4 is 17.5 Å². The third-order valence-electron chi connectivity index (χ3n) is 3.93. The fourth-order valence-electron chi connectivity index (χ4n) is 2.55. The van der Waals surface area contributed by atoms with E-state index in [1.807, 2.05) is 0 Å². The van der Waals surface area contributed by atoms with Gasteiger partial charge >= 0.3 is 11.8 Å². The van der Waals surface area contributed by atoms with Crippen LogP contribution in [-0.2, 0) is 4.74 Å². The van der Waals surface area contributed by atoms with E-state index in [0.29, 0.717) is 19.0 Å². The van der Waals surface area contributed by atoms with Crippen LogP contribution in [0.5, 0.6) is 5.75 Å². The Morgan fingerprint density at radius 1 is 1.07 bits per heavy atom. The zero-order valence-electron chi connectivity index (χ0n) is 16.7. The van der Waals surface area contributed by atoms with Crippen molar-refractivity contribution in [2.45, 2.75) is 32.8 Å². The zero-order valence-corrected chi connectivity index (χ0v) is 16.7. The van der Waals surface area contributed by atoms with Crippen LogP contribution in [0.2, 0.25) is 0 Å². The lowest BCUT2D eigenvalue weighted by Crippen LogP contribution is -2.40. The Morgan fingerprint density at radius 3 is 2.37 bits per heavy atom. The zero-order chi connectivity index (χ0) is 22.5. The van der Waals surface area contributed by atoms with Crippen molar-refractivity contribution in [2.75, 3.05) is 26.2 Å². The first-order chi connectivity index (χ1) is 14.0. The molecule has 0 radical (unpaired) electrons. The summed E-state index contributed by atoms with van der Waals surface area (Å²) in [7, 11) is 0. The molecular weight excluding hydrogens is 404 g/mol. The lowest BCUT2D eigenvalue weighted by Gasteiger charge is -2.26. The van der Waals surface area contributed by atoms with Gasteiger partial charge in [0.25, 0.3) is 5.69 Å². The number of non-ortho nitro benzene ring substituents is 1. The summed E-state index contributed by atoms with van der Waals surface area (Å²) in [5, 5.41) is 38.6. The van der Waals surface area contributed by atoms with E-state index in [1.165, 1.54) is 9.91 Å². The number of nitro groups is 2. The molecule has 1 heterocycles. The van der Waals surface area contributed by atoms with Gasteiger partial charge in [-0.25, -0.2) is 4.79 Å². The van der Waals surface area contributed by atoms with Crippen LogP contribution in [0, 0.1) is 25.4 Å². The monoisotopic (exact) mass is 426 g/mol. The van der Waals surface area contributed by atoms with Gasteiger partial charge < -0.3 is 14.8 Å². The largest absolute Gasteiger partial charge is 0.569 e. The summed E-state index contributed by atoms with van der Waals surface area (Å²) in [4.78, 5) is 38.8. The second-order valence-electron chi connectivity index (χ2n) is 7.37. The van der Waals surface area contributed by atoms with Crippen molar-refractivity contribution in [1.29, 1.82) is 0 Å². The van der Waals surface area contributed by atoms with Gasteiger partial charge in [0.2, 0.25) is 11.0 Å². The van der Waals surface area contributed by atoms with Gasteiger partial charge in [0.15, 0.2) is 0 Å². The molecule has 1 fully saturated rings. The van der Waals surface area contributed by atoms with Gasteiger partial charge in [-0.15, -0.1) is 5.01 Å². The van der Waals surface area contributed by atoms with Gasteiger partial charge in [0.1, 0.15) is 5.60 Å². The highest BCUT2D eigenvalue weighted by atomic mass is 16.7. The average Bonchev–Trinajstić information content (AvgIpc) is 2.90. The number of nitrogens with zero attached hydrogens (tertiary/aromatic N) is 6. The molecule has 0 aromatic heterocycles. The molecule has 0 saturated carbocycles. The summed E-state index contributed by atoms with van der Waals surface area (Å²) < 4.78 is 5.31. The molecule has 30 heavy (non-hydrogen) atoms. The SMILES string of the molecule is CC(C)(C)OC(=O)N1CCCN(/[N+]([O-])=N/Oc2ccc([N+](=O)[O-])cc2[N+](=O)[O-])CC1. The summed E-state index contributed by atoms with van der Waals surface area (Å²) in [6.07, 6.45) is -0.0259. The van der Waals surface area contributed by atoms with Gasteiger partial charge in [-0.05, 0) is 33.3 Å². The maximum absolute atomic E-state index is 12.2. The van der Waals surface area contributed by atoms with Crippen LogP contribution in [0.1, 0.15) is 27.2 Å².